The monoisotopic (exact) mass is 596 g/mol. The molecule has 2 aliphatic rings. The summed E-state index contributed by atoms with van der Waals surface area (Å²) in [6.07, 6.45) is 3.17. The molecule has 1 aliphatic carbocycles. The summed E-state index contributed by atoms with van der Waals surface area (Å²) in [5, 5.41) is 14.6. The van der Waals surface area contributed by atoms with Crippen molar-refractivity contribution >= 4 is 17.6 Å². The number of quaternary nitrogens is 1. The minimum absolute atomic E-state index is 0.0388. The third-order valence-corrected chi connectivity index (χ3v) is 8.76. The Labute approximate surface area is 250 Å². The quantitative estimate of drug-likeness (QED) is 0.246. The molecule has 9 nitrogen and oxygen atoms in total. The van der Waals surface area contributed by atoms with Crippen LogP contribution in [0.25, 0.3) is 11.3 Å². The number of alkyl halides is 2. The van der Waals surface area contributed by atoms with Gasteiger partial charge in [0.15, 0.2) is 0 Å². The van der Waals surface area contributed by atoms with Gasteiger partial charge in [0.05, 0.1) is 37.6 Å². The highest BCUT2D eigenvalue weighted by molar-refractivity contribution is 5.72. The third kappa shape index (κ3) is 7.52. The maximum Gasteiger partial charge on any atom is 0.313 e. The number of rotatable bonds is 9. The van der Waals surface area contributed by atoms with E-state index in [1.54, 1.807) is 13.1 Å². The Hall–Kier alpha value is -3.54. The first-order valence-corrected chi connectivity index (χ1v) is 14.8. The molecular weight excluding hydrogens is 556 g/mol. The van der Waals surface area contributed by atoms with Crippen LogP contribution >= 0.6 is 0 Å². The normalized spacial score (nSPS) is 21.7. The maximum absolute atomic E-state index is 13.1. The molecule has 1 atom stereocenters. The van der Waals surface area contributed by atoms with Crippen molar-refractivity contribution in [1.82, 2.24) is 15.0 Å². The third-order valence-electron chi connectivity index (χ3n) is 8.76. The van der Waals surface area contributed by atoms with Gasteiger partial charge in [-0.1, -0.05) is 0 Å². The zero-order valence-corrected chi connectivity index (χ0v) is 24.9. The van der Waals surface area contributed by atoms with E-state index in [0.29, 0.717) is 67.3 Å². The maximum atomic E-state index is 13.1. The molecule has 230 valence electrons. The number of ether oxygens (including phenoxy) is 2. The fourth-order valence-corrected chi connectivity index (χ4v) is 5.86. The molecule has 43 heavy (non-hydrogen) atoms. The Bertz CT molecular complexity index is 1410. The molecule has 0 aromatic carbocycles. The number of pyridine rings is 3. The number of halogens is 2. The number of aryl methyl sites for hydroxylation is 1. The minimum Gasteiger partial charge on any atom is -0.415 e. The van der Waals surface area contributed by atoms with Gasteiger partial charge in [-0.05, 0) is 87.4 Å². The van der Waals surface area contributed by atoms with Crippen molar-refractivity contribution in [3.8, 4) is 11.3 Å². The van der Waals surface area contributed by atoms with Crippen LogP contribution in [0.3, 0.4) is 0 Å². The summed E-state index contributed by atoms with van der Waals surface area (Å²) < 4.78 is 38.0. The van der Waals surface area contributed by atoms with E-state index in [2.05, 4.69) is 27.3 Å². The second kappa shape index (κ2) is 13.0. The van der Waals surface area contributed by atoms with Gasteiger partial charge >= 0.3 is 5.97 Å². The highest BCUT2D eigenvalue weighted by atomic mass is 19.3. The Balaban J connectivity index is 1.20. The highest BCUT2D eigenvalue weighted by Crippen LogP contribution is 2.41. The van der Waals surface area contributed by atoms with Crippen LogP contribution in [0.5, 0.6) is 0 Å². The fourth-order valence-electron chi connectivity index (χ4n) is 5.86. The van der Waals surface area contributed by atoms with E-state index >= 15 is 0 Å². The minimum atomic E-state index is -2.59. The summed E-state index contributed by atoms with van der Waals surface area (Å²) in [5.41, 5.74) is 1.61. The molecule has 11 heteroatoms. The van der Waals surface area contributed by atoms with Crippen molar-refractivity contribution in [1.29, 1.82) is 0 Å². The van der Waals surface area contributed by atoms with Crippen LogP contribution < -0.4 is 5.32 Å². The van der Waals surface area contributed by atoms with E-state index in [1.165, 1.54) is 18.3 Å². The summed E-state index contributed by atoms with van der Waals surface area (Å²) in [4.78, 5) is 26.2. The van der Waals surface area contributed by atoms with Crippen LogP contribution in [0, 0.1) is 18.8 Å². The lowest BCUT2D eigenvalue weighted by molar-refractivity contribution is -0.932. The number of anilines is 2. The number of aromatic nitrogens is 3. The second-order valence-corrected chi connectivity index (χ2v) is 12.2. The van der Waals surface area contributed by atoms with Gasteiger partial charge < -0.3 is 19.9 Å². The molecule has 0 spiro atoms. The number of hydrogen-bond donors (Lipinski definition) is 2. The molecule has 1 aliphatic heterocycles. The molecule has 3 aromatic heterocycles. The molecule has 5 rings (SSSR count). The molecule has 3 aromatic rings. The van der Waals surface area contributed by atoms with Crippen LogP contribution in [0.4, 0.5) is 20.4 Å². The SMILES string of the molecule is Cc1cc(Nc2cc(C(F)F)ccn2)nc(-c2ccc([C@](C)(O)C3CCC(C(=O)OC[N+]4(C)CCOCC4)CC3)nc2)c1. The zero-order valence-electron chi connectivity index (χ0n) is 24.9. The fraction of sp³-hybridized carbons (Fsp3) is 0.500. The molecule has 2 fully saturated rings. The van der Waals surface area contributed by atoms with Crippen LogP contribution in [0.2, 0.25) is 0 Å². The lowest BCUT2D eigenvalue weighted by Crippen LogP contribution is -2.53. The van der Waals surface area contributed by atoms with Gasteiger partial charge in [-0.15, -0.1) is 0 Å². The number of nitrogens with zero attached hydrogens (tertiary/aromatic N) is 4. The predicted molar refractivity (Wildman–Crippen MR) is 157 cm³/mol. The van der Waals surface area contributed by atoms with Crippen molar-refractivity contribution in [2.45, 2.75) is 51.6 Å². The van der Waals surface area contributed by atoms with Crippen molar-refractivity contribution in [3.05, 3.63) is 65.6 Å². The summed E-state index contributed by atoms with van der Waals surface area (Å²) in [6, 6.07) is 9.98. The molecule has 2 N–H and O–H groups in total. The Morgan fingerprint density at radius 3 is 2.53 bits per heavy atom. The lowest BCUT2D eigenvalue weighted by atomic mass is 9.73. The lowest BCUT2D eigenvalue weighted by Gasteiger charge is -2.38. The van der Waals surface area contributed by atoms with Crippen LogP contribution in [0.1, 0.15) is 55.9 Å². The van der Waals surface area contributed by atoms with E-state index in [0.717, 1.165) is 24.2 Å². The summed E-state index contributed by atoms with van der Waals surface area (Å²) >= 11 is 0. The number of likely N-dealkylation sites (N-methyl/N-ethyl adjacent to an activating group) is 1. The van der Waals surface area contributed by atoms with Gasteiger partial charge in [0.25, 0.3) is 6.43 Å². The second-order valence-electron chi connectivity index (χ2n) is 12.2. The number of nitrogens with one attached hydrogen (secondary N) is 1. The first kappa shape index (κ1) is 30.9. The van der Waals surface area contributed by atoms with Crippen LogP contribution in [-0.4, -0.2) is 70.6 Å². The number of hydrogen-bond acceptors (Lipinski definition) is 8. The molecular formula is C32H40F2N5O4+. The topological polar surface area (TPSA) is 106 Å². The molecule has 0 bridgehead atoms. The highest BCUT2D eigenvalue weighted by Gasteiger charge is 2.40. The van der Waals surface area contributed by atoms with Gasteiger partial charge in [0, 0.05) is 23.5 Å². The van der Waals surface area contributed by atoms with E-state index in [1.807, 2.05) is 31.2 Å². The first-order valence-electron chi connectivity index (χ1n) is 14.8. The van der Waals surface area contributed by atoms with Crippen LogP contribution in [0.15, 0.2) is 48.8 Å². The first-order chi connectivity index (χ1) is 20.5. The summed E-state index contributed by atoms with van der Waals surface area (Å²) in [7, 11) is 2.09. The Morgan fingerprint density at radius 1 is 1.12 bits per heavy atom. The summed E-state index contributed by atoms with van der Waals surface area (Å²) in [5.74, 6) is 0.410. The molecule has 1 saturated heterocycles. The number of carbonyl (C=O) groups is 1. The average molecular weight is 597 g/mol. The van der Waals surface area contributed by atoms with Crippen molar-refractivity contribution in [2.75, 3.05) is 45.4 Å². The Morgan fingerprint density at radius 2 is 1.86 bits per heavy atom. The van der Waals surface area contributed by atoms with Gasteiger partial charge in [-0.2, -0.15) is 0 Å². The number of morpholine rings is 1. The Kier molecular flexibility index (Phi) is 9.33. The van der Waals surface area contributed by atoms with Crippen LogP contribution in [-0.2, 0) is 19.9 Å². The van der Waals surface area contributed by atoms with E-state index < -0.39 is 12.0 Å². The van der Waals surface area contributed by atoms with Gasteiger partial charge in [-0.25, -0.2) is 18.7 Å². The van der Waals surface area contributed by atoms with Gasteiger partial charge in [0.2, 0.25) is 6.73 Å². The van der Waals surface area contributed by atoms with E-state index in [-0.39, 0.29) is 29.2 Å². The van der Waals surface area contributed by atoms with Crippen molar-refractivity contribution < 1.29 is 32.6 Å². The molecule has 0 unspecified atom stereocenters. The van der Waals surface area contributed by atoms with Gasteiger partial charge in [-0.3, -0.25) is 14.3 Å². The van der Waals surface area contributed by atoms with E-state index in [4.69, 9.17) is 9.47 Å². The van der Waals surface area contributed by atoms with Gasteiger partial charge in [0.1, 0.15) is 30.3 Å². The summed E-state index contributed by atoms with van der Waals surface area (Å²) in [6.45, 7) is 7.11. The van der Waals surface area contributed by atoms with Crippen molar-refractivity contribution in [2.24, 2.45) is 11.8 Å². The largest absolute Gasteiger partial charge is 0.415 e. The average Bonchev–Trinajstić information content (AvgIpc) is 3.00. The van der Waals surface area contributed by atoms with Crippen molar-refractivity contribution in [3.63, 3.8) is 0 Å². The molecule has 0 amide bonds. The number of carbonyl (C=O) groups excluding carboxylic acids is 1. The smallest absolute Gasteiger partial charge is 0.313 e. The number of aliphatic hydroxyl groups is 1. The standard InChI is InChI=1S/C32H40F2N5O4/c1-21-16-26(37-29(17-21)38-28-18-23(30(33)34)10-11-35-28)24-6-9-27(36-19-24)32(2,41)25-7-4-22(5-8-25)31(40)43-20-39(3)12-14-42-15-13-39/h6,9-11,16-19,22,25,30,41H,4-5,7-8,12-15,20H2,1-3H3,(H,35,37,38)/q+1/t22?,25?,32-/m1/s1. The zero-order chi connectivity index (χ0) is 30.6. The van der Waals surface area contributed by atoms with E-state index in [9.17, 15) is 18.7 Å². The molecule has 1 saturated carbocycles. The molecule has 0 radical (unpaired) electrons. The number of esters is 1. The molecule has 4 heterocycles. The predicted octanol–water partition coefficient (Wildman–Crippen LogP) is 5.52.